The van der Waals surface area contributed by atoms with Gasteiger partial charge in [0.1, 0.15) is 5.82 Å². The number of rotatable bonds is 2. The van der Waals surface area contributed by atoms with Crippen LogP contribution in [0.2, 0.25) is 0 Å². The number of likely N-dealkylation sites (N-methyl/N-ethyl adjacent to an activating group) is 1. The number of hydrogen-bond acceptors (Lipinski definition) is 3. The van der Waals surface area contributed by atoms with E-state index in [-0.39, 0.29) is 36.5 Å². The molecule has 2 heterocycles. The number of carbonyl (C=O) groups is 1. The molecule has 0 bridgehead atoms. The molecule has 1 fully saturated rings. The number of aliphatic hydroxyl groups is 1. The van der Waals surface area contributed by atoms with Gasteiger partial charge in [0, 0.05) is 35.4 Å². The molecule has 7 heteroatoms. The zero-order valence-corrected chi connectivity index (χ0v) is 16.5. The number of urea groups is 1. The van der Waals surface area contributed by atoms with Crippen molar-refractivity contribution in [2.24, 2.45) is 5.92 Å². The van der Waals surface area contributed by atoms with Crippen LogP contribution in [0.25, 0.3) is 0 Å². The highest BCUT2D eigenvalue weighted by atomic mass is 79.9. The van der Waals surface area contributed by atoms with Crippen LogP contribution in [-0.2, 0) is 0 Å². The molecule has 5 nitrogen and oxygen atoms in total. The standard InChI is InChI=1S/C20H21BrFN3O2/c1-24-17-7-2-12(21)10-16(17)19-15(18(24)11-26)8-9-25(19)20(27)23-14-5-3-13(22)4-6-14/h2-7,10,15,18-19,26H,8-9,11H2,1H3,(H,23,27)/t15-,18-,19-/m1/s1. The van der Waals surface area contributed by atoms with Crippen LogP contribution in [0.4, 0.5) is 20.6 Å². The molecule has 1 saturated heterocycles. The molecular weight excluding hydrogens is 413 g/mol. The van der Waals surface area contributed by atoms with Gasteiger partial charge in [0.05, 0.1) is 18.7 Å². The molecule has 2 aromatic rings. The molecule has 2 aliphatic heterocycles. The van der Waals surface area contributed by atoms with E-state index in [0.717, 1.165) is 22.1 Å². The number of aliphatic hydroxyl groups excluding tert-OH is 1. The smallest absolute Gasteiger partial charge is 0.322 e. The Hall–Kier alpha value is -2.12. The second kappa shape index (κ2) is 7.13. The summed E-state index contributed by atoms with van der Waals surface area (Å²) < 4.78 is 14.1. The van der Waals surface area contributed by atoms with Gasteiger partial charge < -0.3 is 20.2 Å². The molecule has 3 atom stereocenters. The molecule has 0 saturated carbocycles. The lowest BCUT2D eigenvalue weighted by molar-refractivity contribution is 0.168. The van der Waals surface area contributed by atoms with E-state index in [9.17, 15) is 14.3 Å². The highest BCUT2D eigenvalue weighted by Crippen LogP contribution is 2.49. The van der Waals surface area contributed by atoms with Crippen LogP contribution in [0.1, 0.15) is 18.0 Å². The number of halogens is 2. The van der Waals surface area contributed by atoms with Crippen molar-refractivity contribution < 1.29 is 14.3 Å². The average Bonchev–Trinajstić information content (AvgIpc) is 3.09. The van der Waals surface area contributed by atoms with Gasteiger partial charge >= 0.3 is 6.03 Å². The lowest BCUT2D eigenvalue weighted by atomic mass is 9.82. The van der Waals surface area contributed by atoms with E-state index in [1.807, 2.05) is 24.1 Å². The molecule has 0 aliphatic carbocycles. The van der Waals surface area contributed by atoms with Crippen molar-refractivity contribution in [3.8, 4) is 0 Å². The molecule has 2 aliphatic rings. The maximum atomic E-state index is 13.1. The molecular formula is C20H21BrFN3O2. The van der Waals surface area contributed by atoms with Crippen molar-refractivity contribution in [2.45, 2.75) is 18.5 Å². The zero-order chi connectivity index (χ0) is 19.1. The quantitative estimate of drug-likeness (QED) is 0.752. The molecule has 0 aromatic heterocycles. The summed E-state index contributed by atoms with van der Waals surface area (Å²) in [6.07, 6.45) is 0.822. The van der Waals surface area contributed by atoms with Gasteiger partial charge in [-0.2, -0.15) is 0 Å². The third-order valence-corrected chi connectivity index (χ3v) is 6.16. The van der Waals surface area contributed by atoms with Crippen molar-refractivity contribution in [1.29, 1.82) is 0 Å². The minimum atomic E-state index is -0.339. The fourth-order valence-electron chi connectivity index (χ4n) is 4.38. The molecule has 4 rings (SSSR count). The minimum Gasteiger partial charge on any atom is -0.394 e. The summed E-state index contributed by atoms with van der Waals surface area (Å²) >= 11 is 3.53. The van der Waals surface area contributed by atoms with E-state index in [2.05, 4.69) is 32.2 Å². The summed E-state index contributed by atoms with van der Waals surface area (Å²) in [5.74, 6) is -0.185. The van der Waals surface area contributed by atoms with Crippen LogP contribution >= 0.6 is 15.9 Å². The Kier molecular flexibility index (Phi) is 4.82. The van der Waals surface area contributed by atoms with Crippen molar-refractivity contribution >= 4 is 33.3 Å². The number of anilines is 2. The molecule has 2 amide bonds. The van der Waals surface area contributed by atoms with Crippen molar-refractivity contribution in [3.05, 3.63) is 58.3 Å². The van der Waals surface area contributed by atoms with Crippen LogP contribution in [0.15, 0.2) is 46.9 Å². The monoisotopic (exact) mass is 433 g/mol. The summed E-state index contributed by atoms with van der Waals surface area (Å²) in [4.78, 5) is 16.9. The summed E-state index contributed by atoms with van der Waals surface area (Å²) in [5.41, 5.74) is 2.67. The van der Waals surface area contributed by atoms with Gasteiger partial charge in [0.2, 0.25) is 0 Å². The van der Waals surface area contributed by atoms with Gasteiger partial charge in [-0.3, -0.25) is 0 Å². The number of nitrogens with zero attached hydrogens (tertiary/aromatic N) is 2. The van der Waals surface area contributed by atoms with Crippen molar-refractivity contribution in [3.63, 3.8) is 0 Å². The zero-order valence-electron chi connectivity index (χ0n) is 14.9. The first-order valence-corrected chi connectivity index (χ1v) is 9.75. The molecule has 2 N–H and O–H groups in total. The average molecular weight is 434 g/mol. The predicted molar refractivity (Wildman–Crippen MR) is 106 cm³/mol. The first kappa shape index (κ1) is 18.3. The number of likely N-dealkylation sites (tertiary alicyclic amines) is 1. The molecule has 2 aromatic carbocycles. The summed E-state index contributed by atoms with van der Waals surface area (Å²) in [6.45, 7) is 0.652. The van der Waals surface area contributed by atoms with Crippen LogP contribution in [0.3, 0.4) is 0 Å². The van der Waals surface area contributed by atoms with Gasteiger partial charge in [-0.25, -0.2) is 9.18 Å². The lowest BCUT2D eigenvalue weighted by Gasteiger charge is -2.44. The van der Waals surface area contributed by atoms with E-state index in [1.54, 1.807) is 12.1 Å². The minimum absolute atomic E-state index is 0.0349. The molecule has 27 heavy (non-hydrogen) atoms. The Bertz CT molecular complexity index is 861. The first-order valence-electron chi connectivity index (χ1n) is 8.96. The molecule has 0 radical (unpaired) electrons. The number of fused-ring (bicyclic) bond motifs is 3. The molecule has 0 spiro atoms. The fraction of sp³-hybridized carbons (Fsp3) is 0.350. The van der Waals surface area contributed by atoms with Crippen LogP contribution in [0.5, 0.6) is 0 Å². The summed E-state index contributed by atoms with van der Waals surface area (Å²) in [5, 5.41) is 12.8. The Balaban J connectivity index is 1.67. The van der Waals surface area contributed by atoms with Crippen molar-refractivity contribution in [2.75, 3.05) is 30.4 Å². The maximum Gasteiger partial charge on any atom is 0.322 e. The Morgan fingerprint density at radius 3 is 2.74 bits per heavy atom. The topological polar surface area (TPSA) is 55.8 Å². The highest BCUT2D eigenvalue weighted by Gasteiger charge is 2.47. The Labute approximate surface area is 165 Å². The highest BCUT2D eigenvalue weighted by molar-refractivity contribution is 9.10. The van der Waals surface area contributed by atoms with Gasteiger partial charge in [-0.1, -0.05) is 15.9 Å². The van der Waals surface area contributed by atoms with Crippen molar-refractivity contribution in [1.82, 2.24) is 4.90 Å². The van der Waals surface area contributed by atoms with Gasteiger partial charge in [-0.15, -0.1) is 0 Å². The largest absolute Gasteiger partial charge is 0.394 e. The van der Waals surface area contributed by atoms with E-state index in [0.29, 0.717) is 12.2 Å². The third-order valence-electron chi connectivity index (χ3n) is 5.67. The van der Waals surface area contributed by atoms with Gasteiger partial charge in [0.25, 0.3) is 0 Å². The summed E-state index contributed by atoms with van der Waals surface area (Å²) in [6, 6.07) is 11.5. The Morgan fingerprint density at radius 1 is 1.30 bits per heavy atom. The number of amides is 2. The van der Waals surface area contributed by atoms with Crippen LogP contribution < -0.4 is 10.2 Å². The second-order valence-corrected chi connectivity index (χ2v) is 8.01. The molecule has 0 unspecified atom stereocenters. The first-order chi connectivity index (χ1) is 13.0. The van der Waals surface area contributed by atoms with Crippen LogP contribution in [-0.4, -0.2) is 42.3 Å². The Morgan fingerprint density at radius 2 is 2.04 bits per heavy atom. The van der Waals surface area contributed by atoms with E-state index in [1.165, 1.54) is 12.1 Å². The number of hydrogen-bond donors (Lipinski definition) is 2. The fourth-order valence-corrected chi connectivity index (χ4v) is 4.76. The van der Waals surface area contributed by atoms with Crippen LogP contribution in [0, 0.1) is 11.7 Å². The molecule has 142 valence electrons. The lowest BCUT2D eigenvalue weighted by Crippen LogP contribution is -2.48. The second-order valence-electron chi connectivity index (χ2n) is 7.09. The van der Waals surface area contributed by atoms with E-state index >= 15 is 0 Å². The van der Waals surface area contributed by atoms with E-state index in [4.69, 9.17) is 0 Å². The summed E-state index contributed by atoms with van der Waals surface area (Å²) in [7, 11) is 1.99. The van der Waals surface area contributed by atoms with Gasteiger partial charge in [0.15, 0.2) is 0 Å². The number of nitrogens with one attached hydrogen (secondary N) is 1. The van der Waals surface area contributed by atoms with E-state index < -0.39 is 0 Å². The predicted octanol–water partition coefficient (Wildman–Crippen LogP) is 3.99. The van der Waals surface area contributed by atoms with Gasteiger partial charge in [-0.05, 0) is 54.4 Å². The maximum absolute atomic E-state index is 13.1. The SMILES string of the molecule is CN1c2ccc(Br)cc2[C@H]2[C@H](CCN2C(=O)Nc2ccc(F)cc2)[C@H]1CO. The third kappa shape index (κ3) is 3.19. The normalized spacial score (nSPS) is 23.8. The number of carbonyl (C=O) groups excluding carboxylic acids is 1. The number of benzene rings is 2.